The van der Waals surface area contributed by atoms with E-state index < -0.39 is 0 Å². The number of aliphatic imine (C=N–C) groups is 1. The standard InChI is InChI=1S/C16H30N4O.HI/c1-13-6-10-20(11-7-13)15(17)18-12-16(8-4-5-9-16)14(21)19(2)3;/h13H,4-12H2,1-3H3,(H2,17,18);1H. The number of nitrogens with two attached hydrogens (primary N) is 1. The molecule has 0 aromatic heterocycles. The molecule has 2 fully saturated rings. The minimum absolute atomic E-state index is 0. The van der Waals surface area contributed by atoms with Crippen molar-refractivity contribution in [2.75, 3.05) is 33.7 Å². The molecule has 2 rings (SSSR count). The van der Waals surface area contributed by atoms with Crippen LogP contribution in [0.1, 0.15) is 45.4 Å². The number of piperidine rings is 1. The van der Waals surface area contributed by atoms with E-state index in [9.17, 15) is 4.79 Å². The second-order valence-corrected chi connectivity index (χ2v) is 7.03. The minimum Gasteiger partial charge on any atom is -0.370 e. The van der Waals surface area contributed by atoms with Gasteiger partial charge in [0.1, 0.15) is 0 Å². The van der Waals surface area contributed by atoms with Crippen LogP contribution in [0.5, 0.6) is 0 Å². The maximum Gasteiger partial charge on any atom is 0.230 e. The van der Waals surface area contributed by atoms with E-state index >= 15 is 0 Å². The molecule has 1 heterocycles. The Labute approximate surface area is 151 Å². The van der Waals surface area contributed by atoms with Crippen LogP contribution in [0.2, 0.25) is 0 Å². The van der Waals surface area contributed by atoms with Gasteiger partial charge in [0.2, 0.25) is 5.91 Å². The van der Waals surface area contributed by atoms with Gasteiger partial charge in [-0.3, -0.25) is 9.79 Å². The zero-order valence-corrected chi connectivity index (χ0v) is 16.5. The van der Waals surface area contributed by atoms with Crippen molar-refractivity contribution in [3.05, 3.63) is 0 Å². The van der Waals surface area contributed by atoms with Crippen LogP contribution in [0, 0.1) is 11.3 Å². The highest BCUT2D eigenvalue weighted by Gasteiger charge is 2.42. The Morgan fingerprint density at radius 2 is 1.82 bits per heavy atom. The lowest BCUT2D eigenvalue weighted by Gasteiger charge is -2.32. The molecule has 1 aliphatic heterocycles. The normalized spacial score (nSPS) is 22.3. The second-order valence-electron chi connectivity index (χ2n) is 7.03. The van der Waals surface area contributed by atoms with E-state index in [-0.39, 0.29) is 35.3 Å². The first-order chi connectivity index (χ1) is 9.94. The summed E-state index contributed by atoms with van der Waals surface area (Å²) in [5, 5.41) is 0. The molecule has 1 amide bonds. The Kier molecular flexibility index (Phi) is 7.41. The number of halogens is 1. The van der Waals surface area contributed by atoms with Crippen molar-refractivity contribution in [1.29, 1.82) is 0 Å². The number of carbonyl (C=O) groups excluding carboxylic acids is 1. The van der Waals surface area contributed by atoms with Gasteiger partial charge >= 0.3 is 0 Å². The van der Waals surface area contributed by atoms with Gasteiger partial charge in [0.05, 0.1) is 12.0 Å². The molecule has 0 bridgehead atoms. The molecule has 0 unspecified atom stereocenters. The Hall–Kier alpha value is -0.530. The van der Waals surface area contributed by atoms with Gasteiger partial charge in [0.15, 0.2) is 5.96 Å². The highest BCUT2D eigenvalue weighted by molar-refractivity contribution is 14.0. The summed E-state index contributed by atoms with van der Waals surface area (Å²) in [7, 11) is 3.67. The Balaban J connectivity index is 0.00000242. The number of guanidine groups is 1. The van der Waals surface area contributed by atoms with Crippen molar-refractivity contribution in [2.24, 2.45) is 22.1 Å². The fraction of sp³-hybridized carbons (Fsp3) is 0.875. The van der Waals surface area contributed by atoms with Gasteiger partial charge < -0.3 is 15.5 Å². The minimum atomic E-state index is -0.308. The zero-order valence-electron chi connectivity index (χ0n) is 14.2. The maximum absolute atomic E-state index is 12.5. The largest absolute Gasteiger partial charge is 0.370 e. The van der Waals surface area contributed by atoms with E-state index in [0.717, 1.165) is 44.7 Å². The first-order valence-electron chi connectivity index (χ1n) is 8.21. The van der Waals surface area contributed by atoms with Gasteiger partial charge in [-0.2, -0.15) is 0 Å². The molecule has 2 aliphatic rings. The van der Waals surface area contributed by atoms with Crippen LogP contribution < -0.4 is 5.73 Å². The van der Waals surface area contributed by atoms with E-state index in [1.165, 1.54) is 12.8 Å². The molecule has 0 radical (unpaired) electrons. The zero-order chi connectivity index (χ0) is 15.5. The summed E-state index contributed by atoms with van der Waals surface area (Å²) >= 11 is 0. The number of carbonyl (C=O) groups is 1. The highest BCUT2D eigenvalue weighted by atomic mass is 127. The fourth-order valence-electron chi connectivity index (χ4n) is 3.54. The molecular formula is C16H31IN4O. The molecule has 0 aromatic rings. The van der Waals surface area contributed by atoms with Crippen LogP contribution >= 0.6 is 24.0 Å². The second kappa shape index (κ2) is 8.36. The van der Waals surface area contributed by atoms with Gasteiger partial charge in [-0.05, 0) is 31.6 Å². The van der Waals surface area contributed by atoms with Crippen molar-refractivity contribution < 1.29 is 4.79 Å². The third-order valence-electron chi connectivity index (χ3n) is 5.07. The number of likely N-dealkylation sites (tertiary alicyclic amines) is 1. The smallest absolute Gasteiger partial charge is 0.230 e. The van der Waals surface area contributed by atoms with Gasteiger partial charge in [0.25, 0.3) is 0 Å². The van der Waals surface area contributed by atoms with Crippen LogP contribution in [0.15, 0.2) is 4.99 Å². The molecular weight excluding hydrogens is 391 g/mol. The van der Waals surface area contributed by atoms with Crippen LogP contribution in [0.25, 0.3) is 0 Å². The molecule has 2 N–H and O–H groups in total. The number of amides is 1. The summed E-state index contributed by atoms with van der Waals surface area (Å²) in [4.78, 5) is 21.0. The Morgan fingerprint density at radius 3 is 2.32 bits per heavy atom. The average molecular weight is 422 g/mol. The number of nitrogens with zero attached hydrogens (tertiary/aromatic N) is 3. The number of rotatable bonds is 3. The average Bonchev–Trinajstić information content (AvgIpc) is 2.94. The van der Waals surface area contributed by atoms with Crippen molar-refractivity contribution >= 4 is 35.8 Å². The summed E-state index contributed by atoms with van der Waals surface area (Å²) in [5.41, 5.74) is 5.85. The predicted molar refractivity (Wildman–Crippen MR) is 101 cm³/mol. The predicted octanol–water partition coefficient (Wildman–Crippen LogP) is 2.30. The van der Waals surface area contributed by atoms with Crippen LogP contribution in [0.4, 0.5) is 0 Å². The maximum atomic E-state index is 12.5. The molecule has 5 nitrogen and oxygen atoms in total. The molecule has 1 saturated heterocycles. The molecule has 0 atom stereocenters. The summed E-state index contributed by atoms with van der Waals surface area (Å²) < 4.78 is 0. The Bertz CT molecular complexity index is 397. The SMILES string of the molecule is CC1CCN(C(N)=NCC2(C(=O)N(C)C)CCCC2)CC1.I. The van der Waals surface area contributed by atoms with Crippen molar-refractivity contribution in [2.45, 2.75) is 45.4 Å². The molecule has 6 heteroatoms. The van der Waals surface area contributed by atoms with Crippen LogP contribution in [-0.2, 0) is 4.79 Å². The lowest BCUT2D eigenvalue weighted by molar-refractivity contribution is -0.138. The van der Waals surface area contributed by atoms with Gasteiger partial charge in [-0.15, -0.1) is 24.0 Å². The van der Waals surface area contributed by atoms with Crippen LogP contribution in [-0.4, -0.2) is 55.4 Å². The lowest BCUT2D eigenvalue weighted by Crippen LogP contribution is -2.45. The quantitative estimate of drug-likeness (QED) is 0.431. The van der Waals surface area contributed by atoms with E-state index in [1.807, 2.05) is 14.1 Å². The number of hydrogen-bond donors (Lipinski definition) is 1. The van der Waals surface area contributed by atoms with E-state index in [1.54, 1.807) is 4.90 Å². The van der Waals surface area contributed by atoms with E-state index in [2.05, 4.69) is 16.8 Å². The first kappa shape index (κ1) is 19.5. The summed E-state index contributed by atoms with van der Waals surface area (Å²) in [5.74, 6) is 1.62. The molecule has 128 valence electrons. The fourth-order valence-corrected chi connectivity index (χ4v) is 3.54. The molecule has 1 aliphatic carbocycles. The van der Waals surface area contributed by atoms with Crippen LogP contribution in [0.3, 0.4) is 0 Å². The summed E-state index contributed by atoms with van der Waals surface area (Å²) in [6, 6.07) is 0. The highest BCUT2D eigenvalue weighted by Crippen LogP contribution is 2.39. The molecule has 22 heavy (non-hydrogen) atoms. The first-order valence-corrected chi connectivity index (χ1v) is 8.21. The van der Waals surface area contributed by atoms with Gasteiger partial charge in [-0.25, -0.2) is 0 Å². The third-order valence-corrected chi connectivity index (χ3v) is 5.07. The van der Waals surface area contributed by atoms with Gasteiger partial charge in [-0.1, -0.05) is 19.8 Å². The monoisotopic (exact) mass is 422 g/mol. The summed E-state index contributed by atoms with van der Waals surface area (Å²) in [6.45, 7) is 4.81. The number of hydrogen-bond acceptors (Lipinski definition) is 2. The molecule has 0 spiro atoms. The van der Waals surface area contributed by atoms with Crippen molar-refractivity contribution in [1.82, 2.24) is 9.80 Å². The van der Waals surface area contributed by atoms with E-state index in [4.69, 9.17) is 5.73 Å². The lowest BCUT2D eigenvalue weighted by atomic mass is 9.85. The molecule has 1 saturated carbocycles. The topological polar surface area (TPSA) is 61.9 Å². The van der Waals surface area contributed by atoms with E-state index in [0.29, 0.717) is 12.5 Å². The van der Waals surface area contributed by atoms with Crippen molar-refractivity contribution in [3.8, 4) is 0 Å². The third kappa shape index (κ3) is 4.49. The van der Waals surface area contributed by atoms with Gasteiger partial charge in [0, 0.05) is 27.2 Å². The van der Waals surface area contributed by atoms with Crippen molar-refractivity contribution in [3.63, 3.8) is 0 Å². The molecule has 0 aromatic carbocycles. The summed E-state index contributed by atoms with van der Waals surface area (Å²) in [6.07, 6.45) is 6.48. The Morgan fingerprint density at radius 1 is 1.27 bits per heavy atom.